The summed E-state index contributed by atoms with van der Waals surface area (Å²) in [5.74, 6) is 2.96. The summed E-state index contributed by atoms with van der Waals surface area (Å²) in [6, 6.07) is 0.525. The molecule has 0 aromatic rings. The molecule has 2 aliphatic carbocycles. The maximum absolute atomic E-state index is 6.41. The minimum Gasteiger partial charge on any atom is -0.327 e. The number of hydrogen-bond donors (Lipinski definition) is 1. The second kappa shape index (κ2) is 6.78. The van der Waals surface area contributed by atoms with Crippen molar-refractivity contribution in [3.63, 3.8) is 0 Å². The fourth-order valence-electron chi connectivity index (χ4n) is 4.19. The standard InChI is InChI=1S/C16H31N/c1-2-3-4-5-6-7-8-16(17)15-12-13-9-10-14(15)11-13/h13-16H,2-12,17H2,1H3. The second-order valence-corrected chi connectivity index (χ2v) is 6.56. The minimum absolute atomic E-state index is 0.525. The first-order chi connectivity index (χ1) is 8.31. The van der Waals surface area contributed by atoms with E-state index in [1.54, 1.807) is 0 Å². The van der Waals surface area contributed by atoms with E-state index >= 15 is 0 Å². The SMILES string of the molecule is CCCCCCCCC(N)C1CC2CCC1C2. The summed E-state index contributed by atoms with van der Waals surface area (Å²) >= 11 is 0. The van der Waals surface area contributed by atoms with Crippen LogP contribution in [0.4, 0.5) is 0 Å². The van der Waals surface area contributed by atoms with E-state index < -0.39 is 0 Å². The van der Waals surface area contributed by atoms with Gasteiger partial charge in [0.15, 0.2) is 0 Å². The average molecular weight is 237 g/mol. The average Bonchev–Trinajstić information content (AvgIpc) is 2.95. The third kappa shape index (κ3) is 3.71. The number of rotatable bonds is 8. The monoisotopic (exact) mass is 237 g/mol. The van der Waals surface area contributed by atoms with Gasteiger partial charge in [-0.15, -0.1) is 0 Å². The minimum atomic E-state index is 0.525. The topological polar surface area (TPSA) is 26.0 Å². The quantitative estimate of drug-likeness (QED) is 0.618. The number of fused-ring (bicyclic) bond motifs is 2. The van der Waals surface area contributed by atoms with E-state index in [-0.39, 0.29) is 0 Å². The Labute approximate surface area is 108 Å². The first-order valence-electron chi connectivity index (χ1n) is 8.06. The Kier molecular flexibility index (Phi) is 5.34. The largest absolute Gasteiger partial charge is 0.327 e. The van der Waals surface area contributed by atoms with Gasteiger partial charge in [-0.05, 0) is 43.4 Å². The molecule has 0 heterocycles. The highest BCUT2D eigenvalue weighted by Gasteiger charge is 2.41. The van der Waals surface area contributed by atoms with E-state index in [2.05, 4.69) is 6.92 Å². The van der Waals surface area contributed by atoms with Crippen molar-refractivity contribution in [3.05, 3.63) is 0 Å². The van der Waals surface area contributed by atoms with Crippen molar-refractivity contribution in [1.29, 1.82) is 0 Å². The summed E-state index contributed by atoms with van der Waals surface area (Å²) in [6.07, 6.45) is 15.7. The van der Waals surface area contributed by atoms with Gasteiger partial charge in [-0.1, -0.05) is 51.9 Å². The molecule has 0 saturated heterocycles. The molecule has 1 nitrogen and oxygen atoms in total. The Morgan fingerprint density at radius 1 is 1.00 bits per heavy atom. The van der Waals surface area contributed by atoms with Crippen LogP contribution in [0.1, 0.15) is 77.6 Å². The molecule has 0 radical (unpaired) electrons. The first kappa shape index (κ1) is 13.4. The summed E-state index contributed by atoms with van der Waals surface area (Å²) < 4.78 is 0. The van der Waals surface area contributed by atoms with Gasteiger partial charge in [0.25, 0.3) is 0 Å². The van der Waals surface area contributed by atoms with Gasteiger partial charge in [0, 0.05) is 6.04 Å². The van der Waals surface area contributed by atoms with E-state index in [4.69, 9.17) is 5.73 Å². The molecule has 2 bridgehead atoms. The van der Waals surface area contributed by atoms with Gasteiger partial charge in [0.05, 0.1) is 0 Å². The predicted molar refractivity (Wildman–Crippen MR) is 74.9 cm³/mol. The van der Waals surface area contributed by atoms with Crippen molar-refractivity contribution in [3.8, 4) is 0 Å². The molecule has 100 valence electrons. The molecule has 17 heavy (non-hydrogen) atoms. The molecule has 2 aliphatic rings. The molecule has 2 rings (SSSR count). The van der Waals surface area contributed by atoms with Crippen molar-refractivity contribution in [2.24, 2.45) is 23.5 Å². The third-order valence-corrected chi connectivity index (χ3v) is 5.23. The first-order valence-corrected chi connectivity index (χ1v) is 8.06. The molecule has 4 unspecified atom stereocenters. The van der Waals surface area contributed by atoms with Gasteiger partial charge in [0.2, 0.25) is 0 Å². The molecule has 0 aromatic heterocycles. The maximum atomic E-state index is 6.41. The predicted octanol–water partition coefficient (Wildman–Crippen LogP) is 4.50. The van der Waals surface area contributed by atoms with Crippen LogP contribution in [-0.2, 0) is 0 Å². The van der Waals surface area contributed by atoms with Crippen LogP contribution >= 0.6 is 0 Å². The van der Waals surface area contributed by atoms with Crippen LogP contribution in [0.25, 0.3) is 0 Å². The van der Waals surface area contributed by atoms with E-state index in [0.717, 1.165) is 17.8 Å². The number of unbranched alkanes of at least 4 members (excludes halogenated alkanes) is 5. The fraction of sp³-hybridized carbons (Fsp3) is 1.00. The third-order valence-electron chi connectivity index (χ3n) is 5.23. The Morgan fingerprint density at radius 2 is 1.76 bits per heavy atom. The summed E-state index contributed by atoms with van der Waals surface area (Å²) in [4.78, 5) is 0. The Hall–Kier alpha value is -0.0400. The van der Waals surface area contributed by atoms with Crippen molar-refractivity contribution in [1.82, 2.24) is 0 Å². The lowest BCUT2D eigenvalue weighted by atomic mass is 9.82. The number of hydrogen-bond acceptors (Lipinski definition) is 1. The molecular formula is C16H31N. The van der Waals surface area contributed by atoms with Crippen LogP contribution in [0.3, 0.4) is 0 Å². The van der Waals surface area contributed by atoms with Gasteiger partial charge in [-0.3, -0.25) is 0 Å². The molecule has 0 spiro atoms. The number of nitrogens with two attached hydrogens (primary N) is 1. The zero-order chi connectivity index (χ0) is 12.1. The van der Waals surface area contributed by atoms with E-state index in [0.29, 0.717) is 6.04 Å². The van der Waals surface area contributed by atoms with E-state index in [9.17, 15) is 0 Å². The smallest absolute Gasteiger partial charge is 0.00699 e. The summed E-state index contributed by atoms with van der Waals surface area (Å²) in [5.41, 5.74) is 6.41. The van der Waals surface area contributed by atoms with Crippen molar-refractivity contribution >= 4 is 0 Å². The molecule has 2 N–H and O–H groups in total. The van der Waals surface area contributed by atoms with Crippen LogP contribution in [0.5, 0.6) is 0 Å². The van der Waals surface area contributed by atoms with Crippen LogP contribution < -0.4 is 5.73 Å². The Morgan fingerprint density at radius 3 is 2.41 bits per heavy atom. The Bertz CT molecular complexity index is 214. The lowest BCUT2D eigenvalue weighted by Gasteiger charge is -2.27. The van der Waals surface area contributed by atoms with E-state index in [1.165, 1.54) is 70.6 Å². The fourth-order valence-corrected chi connectivity index (χ4v) is 4.19. The van der Waals surface area contributed by atoms with Crippen LogP contribution in [0.2, 0.25) is 0 Å². The van der Waals surface area contributed by atoms with Crippen molar-refractivity contribution < 1.29 is 0 Å². The summed E-state index contributed by atoms with van der Waals surface area (Å²) in [5, 5.41) is 0. The highest BCUT2D eigenvalue weighted by molar-refractivity contribution is 4.94. The Balaban J connectivity index is 1.54. The van der Waals surface area contributed by atoms with Crippen LogP contribution in [-0.4, -0.2) is 6.04 Å². The van der Waals surface area contributed by atoms with Crippen LogP contribution in [0, 0.1) is 17.8 Å². The lowest BCUT2D eigenvalue weighted by molar-refractivity contribution is 0.268. The summed E-state index contributed by atoms with van der Waals surface area (Å²) in [6.45, 7) is 2.28. The molecule has 4 atom stereocenters. The van der Waals surface area contributed by atoms with Crippen molar-refractivity contribution in [2.45, 2.75) is 83.6 Å². The highest BCUT2D eigenvalue weighted by atomic mass is 14.7. The van der Waals surface area contributed by atoms with Gasteiger partial charge < -0.3 is 5.73 Å². The normalized spacial score (nSPS) is 33.2. The second-order valence-electron chi connectivity index (χ2n) is 6.56. The molecule has 0 amide bonds. The summed E-state index contributed by atoms with van der Waals surface area (Å²) in [7, 11) is 0. The van der Waals surface area contributed by atoms with E-state index in [1.807, 2.05) is 0 Å². The zero-order valence-electron chi connectivity index (χ0n) is 11.7. The molecular weight excluding hydrogens is 206 g/mol. The molecule has 0 aromatic carbocycles. The highest BCUT2D eigenvalue weighted by Crippen LogP contribution is 2.49. The van der Waals surface area contributed by atoms with Gasteiger partial charge >= 0.3 is 0 Å². The molecule has 2 saturated carbocycles. The van der Waals surface area contributed by atoms with Gasteiger partial charge in [0.1, 0.15) is 0 Å². The zero-order valence-corrected chi connectivity index (χ0v) is 11.7. The van der Waals surface area contributed by atoms with Gasteiger partial charge in [-0.25, -0.2) is 0 Å². The molecule has 2 fully saturated rings. The molecule has 1 heteroatoms. The lowest BCUT2D eigenvalue weighted by Crippen LogP contribution is -2.33. The molecule has 0 aliphatic heterocycles. The van der Waals surface area contributed by atoms with Crippen LogP contribution in [0.15, 0.2) is 0 Å². The maximum Gasteiger partial charge on any atom is 0.00699 e. The van der Waals surface area contributed by atoms with Gasteiger partial charge in [-0.2, -0.15) is 0 Å². The van der Waals surface area contributed by atoms with Crippen molar-refractivity contribution in [2.75, 3.05) is 0 Å².